The maximum Gasteiger partial charge on any atom is 0.335 e. The zero-order valence-electron chi connectivity index (χ0n) is 9.66. The third kappa shape index (κ3) is 2.69. The minimum atomic E-state index is -1.12. The quantitative estimate of drug-likeness (QED) is 0.718. The number of hydrogen-bond donors (Lipinski definition) is 1. The molecule has 0 aromatic rings. The lowest BCUT2D eigenvalue weighted by Crippen LogP contribution is -2.47. The van der Waals surface area contributed by atoms with Crippen molar-refractivity contribution in [3.63, 3.8) is 0 Å². The monoisotopic (exact) mass is 216 g/mol. The zero-order valence-corrected chi connectivity index (χ0v) is 9.66. The molecule has 0 radical (unpaired) electrons. The molecule has 1 heterocycles. The number of rotatable bonds is 3. The van der Waals surface area contributed by atoms with Gasteiger partial charge in [0.2, 0.25) is 0 Å². The van der Waals surface area contributed by atoms with E-state index < -0.39 is 17.5 Å². The molecule has 1 fully saturated rings. The molecule has 2 atom stereocenters. The highest BCUT2D eigenvalue weighted by Crippen LogP contribution is 2.33. The number of ether oxygens (including phenoxy) is 2. The van der Waals surface area contributed by atoms with Crippen LogP contribution in [0.5, 0.6) is 0 Å². The Hall–Kier alpha value is -0.610. The van der Waals surface area contributed by atoms with Gasteiger partial charge in [-0.15, -0.1) is 0 Å². The molecule has 0 spiro atoms. The van der Waals surface area contributed by atoms with Gasteiger partial charge in [0.15, 0.2) is 6.10 Å². The molecule has 1 N–H and O–H groups in total. The molecule has 0 saturated carbocycles. The van der Waals surface area contributed by atoms with Crippen molar-refractivity contribution in [1.29, 1.82) is 0 Å². The fourth-order valence-corrected chi connectivity index (χ4v) is 1.92. The molecular weight excluding hydrogens is 196 g/mol. The first-order chi connectivity index (χ1) is 7.00. The molecule has 0 aromatic carbocycles. The van der Waals surface area contributed by atoms with Crippen LogP contribution in [0.4, 0.5) is 0 Å². The van der Waals surface area contributed by atoms with Gasteiger partial charge in [-0.05, 0) is 19.3 Å². The third-order valence-corrected chi connectivity index (χ3v) is 3.14. The van der Waals surface area contributed by atoms with Gasteiger partial charge in [-0.3, -0.25) is 0 Å². The largest absolute Gasteiger partial charge is 0.467 e. The van der Waals surface area contributed by atoms with E-state index in [2.05, 4.69) is 4.74 Å². The SMILES string of the molecule is COC(=O)C(O)C(C)(C)C1CCCCO1. The predicted octanol–water partition coefficient (Wildman–Crippen LogP) is 1.12. The maximum absolute atomic E-state index is 11.3. The molecule has 1 saturated heterocycles. The Morgan fingerprint density at radius 1 is 1.53 bits per heavy atom. The van der Waals surface area contributed by atoms with Gasteiger partial charge >= 0.3 is 5.97 Å². The van der Waals surface area contributed by atoms with Crippen LogP contribution in [0.25, 0.3) is 0 Å². The van der Waals surface area contributed by atoms with Crippen molar-refractivity contribution in [3.05, 3.63) is 0 Å². The summed E-state index contributed by atoms with van der Waals surface area (Å²) in [6, 6.07) is 0. The van der Waals surface area contributed by atoms with Crippen LogP contribution in [-0.2, 0) is 14.3 Å². The van der Waals surface area contributed by atoms with Crippen molar-refractivity contribution in [1.82, 2.24) is 0 Å². The van der Waals surface area contributed by atoms with E-state index >= 15 is 0 Å². The molecule has 2 unspecified atom stereocenters. The van der Waals surface area contributed by atoms with Crippen LogP contribution in [0, 0.1) is 5.41 Å². The molecule has 0 amide bonds. The second kappa shape index (κ2) is 4.94. The number of hydrogen-bond acceptors (Lipinski definition) is 4. The lowest BCUT2D eigenvalue weighted by Gasteiger charge is -2.38. The van der Waals surface area contributed by atoms with Crippen LogP contribution in [0.15, 0.2) is 0 Å². The second-order valence-electron chi connectivity index (χ2n) is 4.60. The molecule has 0 aliphatic carbocycles. The summed E-state index contributed by atoms with van der Waals surface area (Å²) in [5, 5.41) is 9.84. The summed E-state index contributed by atoms with van der Waals surface area (Å²) in [4.78, 5) is 11.3. The third-order valence-electron chi connectivity index (χ3n) is 3.14. The normalized spacial score (nSPS) is 24.7. The van der Waals surface area contributed by atoms with Crippen molar-refractivity contribution in [2.24, 2.45) is 5.41 Å². The summed E-state index contributed by atoms with van der Waals surface area (Å²) in [5.41, 5.74) is -0.590. The smallest absolute Gasteiger partial charge is 0.335 e. The standard InChI is InChI=1S/C11H20O4/c1-11(2,9(12)10(13)14-3)8-6-4-5-7-15-8/h8-9,12H,4-7H2,1-3H3. The zero-order chi connectivity index (χ0) is 11.5. The highest BCUT2D eigenvalue weighted by atomic mass is 16.5. The van der Waals surface area contributed by atoms with E-state index in [1.165, 1.54) is 7.11 Å². The second-order valence-corrected chi connectivity index (χ2v) is 4.60. The molecular formula is C11H20O4. The Bertz CT molecular complexity index is 219. The molecule has 1 aliphatic heterocycles. The minimum absolute atomic E-state index is 0.0691. The average molecular weight is 216 g/mol. The molecule has 1 rings (SSSR count). The minimum Gasteiger partial charge on any atom is -0.467 e. The summed E-state index contributed by atoms with van der Waals surface area (Å²) in [6.45, 7) is 4.39. The van der Waals surface area contributed by atoms with Crippen molar-refractivity contribution in [3.8, 4) is 0 Å². The summed E-state index contributed by atoms with van der Waals surface area (Å²) >= 11 is 0. The molecule has 4 heteroatoms. The molecule has 1 aliphatic rings. The Kier molecular flexibility index (Phi) is 4.11. The van der Waals surface area contributed by atoms with Gasteiger partial charge in [-0.2, -0.15) is 0 Å². The Labute approximate surface area is 90.6 Å². The first-order valence-electron chi connectivity index (χ1n) is 5.37. The van der Waals surface area contributed by atoms with Crippen LogP contribution >= 0.6 is 0 Å². The van der Waals surface area contributed by atoms with Crippen LogP contribution in [-0.4, -0.2) is 37.0 Å². The number of methoxy groups -OCH3 is 1. The lowest BCUT2D eigenvalue weighted by atomic mass is 9.78. The highest BCUT2D eigenvalue weighted by molar-refractivity contribution is 5.75. The number of aliphatic hydroxyl groups excluding tert-OH is 1. The van der Waals surface area contributed by atoms with Gasteiger partial charge in [0.25, 0.3) is 0 Å². The van der Waals surface area contributed by atoms with Crippen LogP contribution in [0.2, 0.25) is 0 Å². The van der Waals surface area contributed by atoms with Gasteiger partial charge in [0, 0.05) is 12.0 Å². The Morgan fingerprint density at radius 2 is 2.20 bits per heavy atom. The first-order valence-corrected chi connectivity index (χ1v) is 5.37. The topological polar surface area (TPSA) is 55.8 Å². The van der Waals surface area contributed by atoms with Crippen molar-refractivity contribution >= 4 is 5.97 Å². The molecule has 0 aromatic heterocycles. The maximum atomic E-state index is 11.3. The summed E-state index contributed by atoms with van der Waals surface area (Å²) in [5.74, 6) is -0.589. The van der Waals surface area contributed by atoms with Gasteiger partial charge in [0.05, 0.1) is 13.2 Å². The number of carbonyl (C=O) groups is 1. The predicted molar refractivity (Wildman–Crippen MR) is 55.4 cm³/mol. The molecule has 88 valence electrons. The molecule has 0 bridgehead atoms. The van der Waals surface area contributed by atoms with Crippen molar-refractivity contribution < 1.29 is 19.4 Å². The van der Waals surface area contributed by atoms with E-state index in [0.29, 0.717) is 6.61 Å². The molecule has 4 nitrogen and oxygen atoms in total. The number of carbonyl (C=O) groups excluding carboxylic acids is 1. The average Bonchev–Trinajstić information content (AvgIpc) is 2.28. The highest BCUT2D eigenvalue weighted by Gasteiger charge is 2.42. The van der Waals surface area contributed by atoms with E-state index in [-0.39, 0.29) is 6.10 Å². The number of esters is 1. The van der Waals surface area contributed by atoms with Crippen LogP contribution < -0.4 is 0 Å². The van der Waals surface area contributed by atoms with Crippen LogP contribution in [0.3, 0.4) is 0 Å². The fraction of sp³-hybridized carbons (Fsp3) is 0.909. The van der Waals surface area contributed by atoms with Gasteiger partial charge in [-0.25, -0.2) is 4.79 Å². The van der Waals surface area contributed by atoms with E-state index in [4.69, 9.17) is 4.74 Å². The number of aliphatic hydroxyl groups is 1. The van der Waals surface area contributed by atoms with E-state index in [1.807, 2.05) is 13.8 Å². The van der Waals surface area contributed by atoms with Crippen molar-refractivity contribution in [2.75, 3.05) is 13.7 Å². The van der Waals surface area contributed by atoms with Gasteiger partial charge in [0.1, 0.15) is 0 Å². The van der Waals surface area contributed by atoms with E-state index in [9.17, 15) is 9.90 Å². The lowest BCUT2D eigenvalue weighted by molar-refractivity contribution is -0.167. The molecule has 15 heavy (non-hydrogen) atoms. The van der Waals surface area contributed by atoms with Gasteiger partial charge < -0.3 is 14.6 Å². The summed E-state index contributed by atoms with van der Waals surface area (Å²) in [7, 11) is 1.28. The summed E-state index contributed by atoms with van der Waals surface area (Å²) in [6.07, 6.45) is 1.84. The fourth-order valence-electron chi connectivity index (χ4n) is 1.92. The first kappa shape index (κ1) is 12.5. The van der Waals surface area contributed by atoms with Crippen molar-refractivity contribution in [2.45, 2.75) is 45.3 Å². The van der Waals surface area contributed by atoms with E-state index in [0.717, 1.165) is 19.3 Å². The Morgan fingerprint density at radius 3 is 2.67 bits per heavy atom. The van der Waals surface area contributed by atoms with Crippen LogP contribution in [0.1, 0.15) is 33.1 Å². The van der Waals surface area contributed by atoms with Gasteiger partial charge in [-0.1, -0.05) is 13.8 Å². The Balaban J connectivity index is 2.66. The summed E-state index contributed by atoms with van der Waals surface area (Å²) < 4.78 is 10.1. The van der Waals surface area contributed by atoms with E-state index in [1.54, 1.807) is 0 Å².